The molecule has 90 valence electrons. The zero-order chi connectivity index (χ0) is 12.2. The summed E-state index contributed by atoms with van der Waals surface area (Å²) in [6.45, 7) is 2.13. The van der Waals surface area contributed by atoms with Crippen molar-refractivity contribution in [1.29, 1.82) is 0 Å². The van der Waals surface area contributed by atoms with E-state index in [1.165, 1.54) is 10.4 Å². The van der Waals surface area contributed by atoms with E-state index in [0.717, 1.165) is 6.42 Å². The summed E-state index contributed by atoms with van der Waals surface area (Å²) < 4.78 is 25.5. The Balaban J connectivity index is 3.16. The molecule has 0 bridgehead atoms. The average molecular weight is 243 g/mol. The number of nitrogens with zero attached hydrogens (tertiary/aromatic N) is 1. The third-order valence-corrected chi connectivity index (χ3v) is 4.33. The van der Waals surface area contributed by atoms with Gasteiger partial charge in [0.1, 0.15) is 0 Å². The fourth-order valence-electron chi connectivity index (χ4n) is 1.49. The third-order valence-electron chi connectivity index (χ3n) is 2.37. The summed E-state index contributed by atoms with van der Waals surface area (Å²) in [5, 5.41) is 9.11. The maximum atomic E-state index is 12.1. The van der Waals surface area contributed by atoms with E-state index in [0.29, 0.717) is 12.1 Å². The van der Waals surface area contributed by atoms with Crippen molar-refractivity contribution in [3.05, 3.63) is 29.8 Å². The molecular formula is C11H17NO3S. The summed E-state index contributed by atoms with van der Waals surface area (Å²) in [4.78, 5) is 0.188. The van der Waals surface area contributed by atoms with Crippen LogP contribution in [0.3, 0.4) is 0 Å². The summed E-state index contributed by atoms with van der Waals surface area (Å²) >= 11 is 0. The highest BCUT2D eigenvalue weighted by molar-refractivity contribution is 7.89. The Bertz CT molecular complexity index is 442. The van der Waals surface area contributed by atoms with Gasteiger partial charge in [0, 0.05) is 13.6 Å². The molecule has 1 N–H and O–H groups in total. The van der Waals surface area contributed by atoms with Gasteiger partial charge in [0.15, 0.2) is 0 Å². The standard InChI is InChI=1S/C11H17NO3S/c1-3-8-12(2)16(14,15)11-7-5-4-6-10(11)9-13/h4-7,13H,3,8-9H2,1-2H3. The van der Waals surface area contributed by atoms with Crippen LogP contribution in [0.25, 0.3) is 0 Å². The van der Waals surface area contributed by atoms with E-state index in [2.05, 4.69) is 0 Å². The Morgan fingerprint density at radius 1 is 1.31 bits per heavy atom. The molecular weight excluding hydrogens is 226 g/mol. The van der Waals surface area contributed by atoms with Crippen LogP contribution in [0, 0.1) is 0 Å². The lowest BCUT2D eigenvalue weighted by atomic mass is 10.2. The van der Waals surface area contributed by atoms with Crippen LogP contribution in [0.15, 0.2) is 29.2 Å². The SMILES string of the molecule is CCCN(C)S(=O)(=O)c1ccccc1CO. The van der Waals surface area contributed by atoms with Crippen molar-refractivity contribution < 1.29 is 13.5 Å². The predicted octanol–water partition coefficient (Wildman–Crippen LogP) is 1.21. The van der Waals surface area contributed by atoms with Crippen LogP contribution in [0.2, 0.25) is 0 Å². The summed E-state index contributed by atoms with van der Waals surface area (Å²) in [6, 6.07) is 6.51. The maximum absolute atomic E-state index is 12.1. The molecule has 0 aliphatic carbocycles. The Labute approximate surface area is 96.6 Å². The Morgan fingerprint density at radius 3 is 2.50 bits per heavy atom. The normalized spacial score (nSPS) is 12.0. The van der Waals surface area contributed by atoms with E-state index in [9.17, 15) is 8.42 Å². The zero-order valence-corrected chi connectivity index (χ0v) is 10.4. The Hall–Kier alpha value is -0.910. The molecule has 0 amide bonds. The van der Waals surface area contributed by atoms with Crippen molar-refractivity contribution in [1.82, 2.24) is 4.31 Å². The topological polar surface area (TPSA) is 57.6 Å². The minimum Gasteiger partial charge on any atom is -0.392 e. The van der Waals surface area contributed by atoms with Gasteiger partial charge in [-0.2, -0.15) is 0 Å². The fraction of sp³-hybridized carbons (Fsp3) is 0.455. The van der Waals surface area contributed by atoms with Crippen LogP contribution in [0.1, 0.15) is 18.9 Å². The summed E-state index contributed by atoms with van der Waals surface area (Å²) in [6.07, 6.45) is 0.761. The molecule has 0 spiro atoms. The lowest BCUT2D eigenvalue weighted by Gasteiger charge is -2.17. The van der Waals surface area contributed by atoms with Gasteiger partial charge < -0.3 is 5.11 Å². The molecule has 1 rings (SSSR count). The third kappa shape index (κ3) is 2.61. The number of hydrogen-bond donors (Lipinski definition) is 1. The maximum Gasteiger partial charge on any atom is 0.243 e. The quantitative estimate of drug-likeness (QED) is 0.845. The van der Waals surface area contributed by atoms with Gasteiger partial charge in [0.25, 0.3) is 0 Å². The first-order valence-corrected chi connectivity index (χ1v) is 6.63. The van der Waals surface area contributed by atoms with E-state index in [1.807, 2.05) is 6.92 Å². The first-order chi connectivity index (χ1) is 7.54. The van der Waals surface area contributed by atoms with Gasteiger partial charge in [0.2, 0.25) is 10.0 Å². The number of rotatable bonds is 5. The highest BCUT2D eigenvalue weighted by Crippen LogP contribution is 2.19. The minimum atomic E-state index is -3.47. The van der Waals surface area contributed by atoms with Crippen molar-refractivity contribution in [2.75, 3.05) is 13.6 Å². The fourth-order valence-corrected chi connectivity index (χ4v) is 2.96. The van der Waals surface area contributed by atoms with Crippen molar-refractivity contribution in [2.45, 2.75) is 24.8 Å². The molecule has 0 saturated heterocycles. The molecule has 0 fully saturated rings. The first kappa shape index (κ1) is 13.2. The van der Waals surface area contributed by atoms with Gasteiger partial charge in [-0.25, -0.2) is 12.7 Å². The van der Waals surface area contributed by atoms with Crippen LogP contribution in [0.5, 0.6) is 0 Å². The lowest BCUT2D eigenvalue weighted by Crippen LogP contribution is -2.28. The lowest BCUT2D eigenvalue weighted by molar-refractivity contribution is 0.278. The van der Waals surface area contributed by atoms with Gasteiger partial charge >= 0.3 is 0 Å². The molecule has 16 heavy (non-hydrogen) atoms. The molecule has 0 aliphatic heterocycles. The number of aliphatic hydroxyl groups is 1. The molecule has 4 nitrogen and oxygen atoms in total. The van der Waals surface area contributed by atoms with Gasteiger partial charge in [-0.1, -0.05) is 25.1 Å². The van der Waals surface area contributed by atoms with E-state index >= 15 is 0 Å². The Kier molecular flexibility index (Phi) is 4.46. The van der Waals surface area contributed by atoms with Crippen molar-refractivity contribution in [3.63, 3.8) is 0 Å². The highest BCUT2D eigenvalue weighted by Gasteiger charge is 2.22. The minimum absolute atomic E-state index is 0.188. The zero-order valence-electron chi connectivity index (χ0n) is 9.55. The average Bonchev–Trinajstić information content (AvgIpc) is 2.29. The van der Waals surface area contributed by atoms with Gasteiger partial charge in [-0.05, 0) is 18.1 Å². The summed E-state index contributed by atoms with van der Waals surface area (Å²) in [7, 11) is -1.92. The van der Waals surface area contributed by atoms with E-state index < -0.39 is 10.0 Å². The number of hydrogen-bond acceptors (Lipinski definition) is 3. The first-order valence-electron chi connectivity index (χ1n) is 5.19. The van der Waals surface area contributed by atoms with E-state index in [1.54, 1.807) is 25.2 Å². The molecule has 0 aromatic heterocycles. The molecule has 0 unspecified atom stereocenters. The number of benzene rings is 1. The molecule has 1 aromatic rings. The summed E-state index contributed by atoms with van der Waals surface area (Å²) in [5.41, 5.74) is 0.436. The van der Waals surface area contributed by atoms with Gasteiger partial charge in [-0.15, -0.1) is 0 Å². The van der Waals surface area contributed by atoms with Crippen LogP contribution in [-0.2, 0) is 16.6 Å². The molecule has 0 atom stereocenters. The van der Waals surface area contributed by atoms with Gasteiger partial charge in [0.05, 0.1) is 11.5 Å². The second kappa shape index (κ2) is 5.43. The summed E-state index contributed by atoms with van der Waals surface area (Å²) in [5.74, 6) is 0. The Morgan fingerprint density at radius 2 is 1.94 bits per heavy atom. The van der Waals surface area contributed by atoms with Gasteiger partial charge in [-0.3, -0.25) is 0 Å². The molecule has 0 aliphatic rings. The smallest absolute Gasteiger partial charge is 0.243 e. The second-order valence-corrected chi connectivity index (χ2v) is 5.61. The van der Waals surface area contributed by atoms with E-state index in [-0.39, 0.29) is 11.5 Å². The molecule has 0 heterocycles. The van der Waals surface area contributed by atoms with Crippen LogP contribution < -0.4 is 0 Å². The number of aliphatic hydroxyl groups excluding tert-OH is 1. The second-order valence-electron chi connectivity index (χ2n) is 3.59. The monoisotopic (exact) mass is 243 g/mol. The molecule has 0 radical (unpaired) electrons. The van der Waals surface area contributed by atoms with Crippen molar-refractivity contribution in [3.8, 4) is 0 Å². The van der Waals surface area contributed by atoms with Crippen LogP contribution in [0.4, 0.5) is 0 Å². The van der Waals surface area contributed by atoms with Crippen LogP contribution in [-0.4, -0.2) is 31.4 Å². The van der Waals surface area contributed by atoms with Crippen LogP contribution >= 0.6 is 0 Å². The molecule has 5 heteroatoms. The highest BCUT2D eigenvalue weighted by atomic mass is 32.2. The predicted molar refractivity (Wildman–Crippen MR) is 62.5 cm³/mol. The van der Waals surface area contributed by atoms with E-state index in [4.69, 9.17) is 5.11 Å². The molecule has 0 saturated carbocycles. The number of sulfonamides is 1. The van der Waals surface area contributed by atoms with Crippen molar-refractivity contribution >= 4 is 10.0 Å². The van der Waals surface area contributed by atoms with Crippen molar-refractivity contribution in [2.24, 2.45) is 0 Å². The molecule has 1 aromatic carbocycles. The largest absolute Gasteiger partial charge is 0.392 e.